The van der Waals surface area contributed by atoms with Crippen molar-refractivity contribution in [1.82, 2.24) is 4.98 Å². The Kier molecular flexibility index (Phi) is 2.99. The van der Waals surface area contributed by atoms with Gasteiger partial charge in [0.2, 0.25) is 5.91 Å². The Morgan fingerprint density at radius 2 is 2.42 bits per heavy atom. The average molecular weight is 182 g/mol. The summed E-state index contributed by atoms with van der Waals surface area (Å²) in [4.78, 5) is 15.0. The van der Waals surface area contributed by atoms with Crippen molar-refractivity contribution in [3.05, 3.63) is 23.2 Å². The number of anilines is 1. The van der Waals surface area contributed by atoms with Gasteiger partial charge >= 0.3 is 0 Å². The standard InChI is InChI=1S/C8H10N2OS/c1-6(2)5-7(11)10-8-9-3-4-12-8/h3-5H,1-2H3,(H,9,10,11). The van der Waals surface area contributed by atoms with Gasteiger partial charge in [0.25, 0.3) is 0 Å². The van der Waals surface area contributed by atoms with Crippen molar-refractivity contribution in [2.45, 2.75) is 13.8 Å². The van der Waals surface area contributed by atoms with Crippen LogP contribution in [-0.2, 0) is 4.79 Å². The number of carbonyl (C=O) groups is 1. The lowest BCUT2D eigenvalue weighted by molar-refractivity contribution is -0.111. The molecule has 1 aromatic rings. The van der Waals surface area contributed by atoms with E-state index in [1.165, 1.54) is 11.3 Å². The second-order valence-corrected chi connectivity index (χ2v) is 3.44. The largest absolute Gasteiger partial charge is 0.298 e. The monoisotopic (exact) mass is 182 g/mol. The van der Waals surface area contributed by atoms with Crippen molar-refractivity contribution >= 4 is 22.4 Å². The van der Waals surface area contributed by atoms with Gasteiger partial charge in [0.05, 0.1) is 0 Å². The van der Waals surface area contributed by atoms with Gasteiger partial charge in [-0.3, -0.25) is 10.1 Å². The van der Waals surface area contributed by atoms with Crippen LogP contribution in [0, 0.1) is 0 Å². The number of allylic oxidation sites excluding steroid dienone is 1. The molecule has 1 aromatic heterocycles. The van der Waals surface area contributed by atoms with Crippen LogP contribution in [0.1, 0.15) is 13.8 Å². The van der Waals surface area contributed by atoms with Crippen LogP contribution in [0.2, 0.25) is 0 Å². The quantitative estimate of drug-likeness (QED) is 0.711. The van der Waals surface area contributed by atoms with E-state index in [4.69, 9.17) is 0 Å². The summed E-state index contributed by atoms with van der Waals surface area (Å²) < 4.78 is 0. The van der Waals surface area contributed by atoms with Crippen molar-refractivity contribution in [1.29, 1.82) is 0 Å². The van der Waals surface area contributed by atoms with E-state index in [9.17, 15) is 4.79 Å². The molecule has 1 heterocycles. The minimum atomic E-state index is -0.120. The van der Waals surface area contributed by atoms with Gasteiger partial charge in [-0.2, -0.15) is 0 Å². The number of hydrogen-bond acceptors (Lipinski definition) is 3. The summed E-state index contributed by atoms with van der Waals surface area (Å²) in [7, 11) is 0. The molecule has 0 fully saturated rings. The number of amides is 1. The Morgan fingerprint density at radius 1 is 1.67 bits per heavy atom. The molecule has 0 saturated carbocycles. The summed E-state index contributed by atoms with van der Waals surface area (Å²) in [6.45, 7) is 3.75. The number of aromatic nitrogens is 1. The Hall–Kier alpha value is -1.16. The van der Waals surface area contributed by atoms with Crippen LogP contribution in [0.4, 0.5) is 5.13 Å². The fourth-order valence-electron chi connectivity index (χ4n) is 0.689. The number of hydrogen-bond donors (Lipinski definition) is 1. The first-order chi connectivity index (χ1) is 5.68. The zero-order chi connectivity index (χ0) is 8.97. The molecule has 0 aliphatic heterocycles. The van der Waals surface area contributed by atoms with Crippen LogP contribution in [-0.4, -0.2) is 10.9 Å². The molecule has 0 atom stereocenters. The first kappa shape index (κ1) is 8.93. The Balaban J connectivity index is 2.54. The smallest absolute Gasteiger partial charge is 0.250 e. The molecule has 64 valence electrons. The topological polar surface area (TPSA) is 42.0 Å². The molecule has 1 rings (SSSR count). The third-order valence-electron chi connectivity index (χ3n) is 1.08. The number of carbonyl (C=O) groups excluding carboxylic acids is 1. The lowest BCUT2D eigenvalue weighted by Crippen LogP contribution is -2.07. The minimum Gasteiger partial charge on any atom is -0.298 e. The highest BCUT2D eigenvalue weighted by atomic mass is 32.1. The molecular weight excluding hydrogens is 172 g/mol. The van der Waals surface area contributed by atoms with Gasteiger partial charge in [-0.25, -0.2) is 4.98 Å². The molecule has 12 heavy (non-hydrogen) atoms. The van der Waals surface area contributed by atoms with Gasteiger partial charge in [0.15, 0.2) is 5.13 Å². The van der Waals surface area contributed by atoms with E-state index in [0.717, 1.165) is 5.57 Å². The SMILES string of the molecule is CC(C)=CC(=O)Nc1nccs1. The minimum absolute atomic E-state index is 0.120. The normalized spacial score (nSPS) is 9.17. The first-order valence-corrected chi connectivity index (χ1v) is 4.42. The Labute approximate surface area is 75.1 Å². The third-order valence-corrected chi connectivity index (χ3v) is 1.77. The van der Waals surface area contributed by atoms with Gasteiger partial charge in [0, 0.05) is 17.7 Å². The highest BCUT2D eigenvalue weighted by molar-refractivity contribution is 7.13. The van der Waals surface area contributed by atoms with Crippen LogP contribution in [0.25, 0.3) is 0 Å². The van der Waals surface area contributed by atoms with E-state index in [2.05, 4.69) is 10.3 Å². The number of thiazole rings is 1. The molecule has 1 N–H and O–H groups in total. The molecule has 4 heteroatoms. The summed E-state index contributed by atoms with van der Waals surface area (Å²) in [6.07, 6.45) is 3.20. The number of nitrogens with zero attached hydrogens (tertiary/aromatic N) is 1. The van der Waals surface area contributed by atoms with E-state index < -0.39 is 0 Å². The summed E-state index contributed by atoms with van der Waals surface area (Å²) in [5, 5.41) is 5.10. The molecule has 0 aromatic carbocycles. The maximum Gasteiger partial charge on any atom is 0.250 e. The second kappa shape index (κ2) is 4.01. The second-order valence-electron chi connectivity index (χ2n) is 2.55. The van der Waals surface area contributed by atoms with Crippen LogP contribution in [0.5, 0.6) is 0 Å². The third kappa shape index (κ3) is 2.84. The predicted octanol–water partition coefficient (Wildman–Crippen LogP) is 2.05. The Bertz CT molecular complexity index is 286. The van der Waals surface area contributed by atoms with Gasteiger partial charge in [0.1, 0.15) is 0 Å². The maximum absolute atomic E-state index is 11.1. The molecule has 3 nitrogen and oxygen atoms in total. The molecular formula is C8H10N2OS. The van der Waals surface area contributed by atoms with E-state index in [1.807, 2.05) is 19.2 Å². The number of nitrogens with one attached hydrogen (secondary N) is 1. The fourth-order valence-corrected chi connectivity index (χ4v) is 1.22. The molecule has 0 spiro atoms. The number of rotatable bonds is 2. The van der Waals surface area contributed by atoms with Gasteiger partial charge < -0.3 is 0 Å². The summed E-state index contributed by atoms with van der Waals surface area (Å²) >= 11 is 1.41. The summed E-state index contributed by atoms with van der Waals surface area (Å²) in [6, 6.07) is 0. The van der Waals surface area contributed by atoms with Crippen LogP contribution in [0.3, 0.4) is 0 Å². The highest BCUT2D eigenvalue weighted by Crippen LogP contribution is 2.09. The van der Waals surface area contributed by atoms with E-state index in [0.29, 0.717) is 5.13 Å². The molecule has 0 aliphatic carbocycles. The highest BCUT2D eigenvalue weighted by Gasteiger charge is 1.98. The van der Waals surface area contributed by atoms with E-state index in [1.54, 1.807) is 12.3 Å². The molecule has 0 radical (unpaired) electrons. The van der Waals surface area contributed by atoms with Crippen LogP contribution >= 0.6 is 11.3 Å². The summed E-state index contributed by atoms with van der Waals surface area (Å²) in [5.74, 6) is -0.120. The van der Waals surface area contributed by atoms with Crippen LogP contribution in [0.15, 0.2) is 23.2 Å². The van der Waals surface area contributed by atoms with Crippen molar-refractivity contribution in [2.24, 2.45) is 0 Å². The van der Waals surface area contributed by atoms with Gasteiger partial charge in [-0.1, -0.05) is 5.57 Å². The van der Waals surface area contributed by atoms with Crippen molar-refractivity contribution in [2.75, 3.05) is 5.32 Å². The first-order valence-electron chi connectivity index (χ1n) is 3.54. The van der Waals surface area contributed by atoms with E-state index >= 15 is 0 Å². The van der Waals surface area contributed by atoms with Gasteiger partial charge in [-0.05, 0) is 13.8 Å². The summed E-state index contributed by atoms with van der Waals surface area (Å²) in [5.41, 5.74) is 0.976. The van der Waals surface area contributed by atoms with Crippen molar-refractivity contribution < 1.29 is 4.79 Å². The molecule has 0 saturated heterocycles. The Morgan fingerprint density at radius 3 is 2.92 bits per heavy atom. The lowest BCUT2D eigenvalue weighted by Gasteiger charge is -1.95. The predicted molar refractivity (Wildman–Crippen MR) is 50.2 cm³/mol. The lowest BCUT2D eigenvalue weighted by atomic mass is 10.3. The molecule has 0 aliphatic rings. The van der Waals surface area contributed by atoms with Crippen molar-refractivity contribution in [3.8, 4) is 0 Å². The maximum atomic E-state index is 11.1. The van der Waals surface area contributed by atoms with Crippen LogP contribution < -0.4 is 5.32 Å². The van der Waals surface area contributed by atoms with E-state index in [-0.39, 0.29) is 5.91 Å². The van der Waals surface area contributed by atoms with Gasteiger partial charge in [-0.15, -0.1) is 11.3 Å². The zero-order valence-corrected chi connectivity index (χ0v) is 7.81. The fraction of sp³-hybridized carbons (Fsp3) is 0.250. The molecule has 0 unspecified atom stereocenters. The average Bonchev–Trinajstić information content (AvgIpc) is 2.37. The van der Waals surface area contributed by atoms with Crippen molar-refractivity contribution in [3.63, 3.8) is 0 Å². The zero-order valence-electron chi connectivity index (χ0n) is 7.00. The molecule has 1 amide bonds. The molecule has 0 bridgehead atoms.